The van der Waals surface area contributed by atoms with Crippen molar-refractivity contribution in [3.63, 3.8) is 0 Å². The molecule has 0 amide bonds. The molecular formula is C5H9ClN2. The van der Waals surface area contributed by atoms with Gasteiger partial charge in [0.2, 0.25) is 0 Å². The van der Waals surface area contributed by atoms with E-state index in [-0.39, 0.29) is 12.4 Å². The van der Waals surface area contributed by atoms with Crippen LogP contribution < -0.4 is 5.73 Å². The van der Waals surface area contributed by atoms with Gasteiger partial charge in [0.1, 0.15) is 0 Å². The minimum absolute atomic E-state index is 0. The molecule has 0 saturated heterocycles. The predicted molar refractivity (Wildman–Crippen MR) is 33.6 cm³/mol. The molecule has 1 rings (SSSR count). The SMILES string of the molecule is Cl.N#CC[C@H]1C[C@H]1N. The van der Waals surface area contributed by atoms with E-state index in [1.165, 1.54) is 0 Å². The van der Waals surface area contributed by atoms with Crippen LogP contribution in [0.1, 0.15) is 12.8 Å². The van der Waals surface area contributed by atoms with Crippen LogP contribution in [0, 0.1) is 17.2 Å². The van der Waals surface area contributed by atoms with Gasteiger partial charge in [-0.05, 0) is 12.3 Å². The predicted octanol–water partition coefficient (Wildman–Crippen LogP) is 0.669. The highest BCUT2D eigenvalue weighted by atomic mass is 35.5. The van der Waals surface area contributed by atoms with Crippen molar-refractivity contribution in [2.75, 3.05) is 0 Å². The van der Waals surface area contributed by atoms with E-state index in [1.807, 2.05) is 0 Å². The van der Waals surface area contributed by atoms with Gasteiger partial charge in [0.15, 0.2) is 0 Å². The van der Waals surface area contributed by atoms with E-state index < -0.39 is 0 Å². The number of nitrogens with zero attached hydrogens (tertiary/aromatic N) is 1. The van der Waals surface area contributed by atoms with Gasteiger partial charge in [-0.1, -0.05) is 0 Å². The Morgan fingerprint density at radius 3 is 2.38 bits per heavy atom. The number of halogens is 1. The van der Waals surface area contributed by atoms with Gasteiger partial charge in [0.25, 0.3) is 0 Å². The molecule has 0 aromatic rings. The molecule has 0 unspecified atom stereocenters. The van der Waals surface area contributed by atoms with Gasteiger partial charge in [0.05, 0.1) is 6.07 Å². The lowest BCUT2D eigenvalue weighted by Gasteiger charge is -1.77. The van der Waals surface area contributed by atoms with Crippen molar-refractivity contribution in [1.29, 1.82) is 5.26 Å². The van der Waals surface area contributed by atoms with E-state index >= 15 is 0 Å². The third kappa shape index (κ3) is 1.69. The Labute approximate surface area is 55.1 Å². The van der Waals surface area contributed by atoms with Crippen molar-refractivity contribution >= 4 is 12.4 Å². The molecule has 0 aromatic heterocycles. The Balaban J connectivity index is 0.000000490. The van der Waals surface area contributed by atoms with Crippen molar-refractivity contribution in [2.45, 2.75) is 18.9 Å². The fourth-order valence-corrected chi connectivity index (χ4v) is 0.623. The molecule has 0 aliphatic heterocycles. The van der Waals surface area contributed by atoms with Crippen LogP contribution in [0.2, 0.25) is 0 Å². The molecule has 1 saturated carbocycles. The molecule has 46 valence electrons. The maximum Gasteiger partial charge on any atom is 0.0625 e. The summed E-state index contributed by atoms with van der Waals surface area (Å²) in [6, 6.07) is 2.43. The van der Waals surface area contributed by atoms with Gasteiger partial charge in [-0.3, -0.25) is 0 Å². The topological polar surface area (TPSA) is 49.8 Å². The van der Waals surface area contributed by atoms with E-state index in [9.17, 15) is 0 Å². The molecule has 1 aliphatic carbocycles. The average Bonchev–Trinajstić information content (AvgIpc) is 2.22. The van der Waals surface area contributed by atoms with Gasteiger partial charge < -0.3 is 5.73 Å². The molecule has 0 spiro atoms. The van der Waals surface area contributed by atoms with Crippen LogP contribution in [-0.4, -0.2) is 6.04 Å². The summed E-state index contributed by atoms with van der Waals surface area (Å²) in [4.78, 5) is 0. The zero-order valence-electron chi connectivity index (χ0n) is 4.50. The lowest BCUT2D eigenvalue weighted by atomic mass is 10.3. The molecule has 2 N–H and O–H groups in total. The molecule has 2 atom stereocenters. The highest BCUT2D eigenvalue weighted by molar-refractivity contribution is 5.85. The van der Waals surface area contributed by atoms with Gasteiger partial charge in [-0.2, -0.15) is 5.26 Å². The van der Waals surface area contributed by atoms with Gasteiger partial charge in [0, 0.05) is 12.5 Å². The summed E-state index contributed by atoms with van der Waals surface area (Å²) in [5.41, 5.74) is 5.40. The fraction of sp³-hybridized carbons (Fsp3) is 0.800. The monoisotopic (exact) mass is 132 g/mol. The Morgan fingerprint density at radius 2 is 2.25 bits per heavy atom. The first kappa shape index (κ1) is 7.74. The summed E-state index contributed by atoms with van der Waals surface area (Å²) in [6.07, 6.45) is 1.72. The number of nitrogens with two attached hydrogens (primary N) is 1. The summed E-state index contributed by atoms with van der Waals surface area (Å²) < 4.78 is 0. The normalized spacial score (nSPS) is 32.5. The largest absolute Gasteiger partial charge is 0.327 e. The van der Waals surface area contributed by atoms with Crippen molar-refractivity contribution in [2.24, 2.45) is 11.7 Å². The van der Waals surface area contributed by atoms with Gasteiger partial charge in [-0.25, -0.2) is 0 Å². The van der Waals surface area contributed by atoms with E-state index in [1.54, 1.807) is 0 Å². The molecular weight excluding hydrogens is 124 g/mol. The summed E-state index contributed by atoms with van der Waals surface area (Å²) in [6.45, 7) is 0. The summed E-state index contributed by atoms with van der Waals surface area (Å²) in [7, 11) is 0. The Morgan fingerprint density at radius 1 is 1.75 bits per heavy atom. The molecule has 0 bridgehead atoms. The minimum Gasteiger partial charge on any atom is -0.327 e. The number of hydrogen-bond donors (Lipinski definition) is 1. The Bertz CT molecular complexity index is 107. The van der Waals surface area contributed by atoms with Crippen molar-refractivity contribution in [3.05, 3.63) is 0 Å². The first-order valence-electron chi connectivity index (χ1n) is 2.47. The van der Waals surface area contributed by atoms with Gasteiger partial charge >= 0.3 is 0 Å². The summed E-state index contributed by atoms with van der Waals surface area (Å²) in [5, 5.41) is 8.09. The van der Waals surface area contributed by atoms with Crippen molar-refractivity contribution in [1.82, 2.24) is 0 Å². The van der Waals surface area contributed by atoms with Crippen LogP contribution in [0.4, 0.5) is 0 Å². The molecule has 2 nitrogen and oxygen atoms in total. The number of nitriles is 1. The zero-order chi connectivity index (χ0) is 5.28. The molecule has 0 aromatic carbocycles. The van der Waals surface area contributed by atoms with E-state index in [0.717, 1.165) is 6.42 Å². The van der Waals surface area contributed by atoms with Crippen LogP contribution in [0.15, 0.2) is 0 Å². The standard InChI is InChI=1S/C5H8N2.ClH/c6-2-1-4-3-5(4)7;/h4-5H,1,3,7H2;1H/t4-,5+;/m0./s1. The van der Waals surface area contributed by atoms with Crippen molar-refractivity contribution < 1.29 is 0 Å². The lowest BCUT2D eigenvalue weighted by Crippen LogP contribution is -2.00. The first-order chi connectivity index (χ1) is 3.34. The molecule has 3 heteroatoms. The molecule has 8 heavy (non-hydrogen) atoms. The maximum atomic E-state index is 8.09. The second-order valence-corrected chi connectivity index (χ2v) is 2.02. The van der Waals surface area contributed by atoms with Crippen LogP contribution in [0.25, 0.3) is 0 Å². The minimum atomic E-state index is 0. The highest BCUT2D eigenvalue weighted by Gasteiger charge is 2.32. The van der Waals surface area contributed by atoms with Crippen LogP contribution in [0.3, 0.4) is 0 Å². The molecule has 1 aliphatic rings. The summed E-state index contributed by atoms with van der Waals surface area (Å²) in [5.74, 6) is 0.532. The molecule has 0 radical (unpaired) electrons. The fourth-order valence-electron chi connectivity index (χ4n) is 0.623. The highest BCUT2D eigenvalue weighted by Crippen LogP contribution is 2.30. The number of rotatable bonds is 1. The van der Waals surface area contributed by atoms with Crippen LogP contribution in [0.5, 0.6) is 0 Å². The Kier molecular flexibility index (Phi) is 2.81. The second-order valence-electron chi connectivity index (χ2n) is 2.02. The Hall–Kier alpha value is -0.260. The zero-order valence-corrected chi connectivity index (χ0v) is 5.32. The average molecular weight is 133 g/mol. The first-order valence-corrected chi connectivity index (χ1v) is 2.47. The van der Waals surface area contributed by atoms with Crippen LogP contribution in [-0.2, 0) is 0 Å². The maximum absolute atomic E-state index is 8.09. The van der Waals surface area contributed by atoms with Crippen LogP contribution >= 0.6 is 12.4 Å². The van der Waals surface area contributed by atoms with E-state index in [0.29, 0.717) is 18.4 Å². The smallest absolute Gasteiger partial charge is 0.0625 e. The van der Waals surface area contributed by atoms with Gasteiger partial charge in [-0.15, -0.1) is 12.4 Å². The van der Waals surface area contributed by atoms with E-state index in [2.05, 4.69) is 6.07 Å². The third-order valence-electron chi connectivity index (χ3n) is 1.33. The lowest BCUT2D eigenvalue weighted by molar-refractivity contribution is 0.818. The number of hydrogen-bond acceptors (Lipinski definition) is 2. The third-order valence-corrected chi connectivity index (χ3v) is 1.33. The molecule has 0 heterocycles. The van der Waals surface area contributed by atoms with Crippen molar-refractivity contribution in [3.8, 4) is 6.07 Å². The molecule has 1 fully saturated rings. The van der Waals surface area contributed by atoms with E-state index in [4.69, 9.17) is 11.0 Å². The summed E-state index contributed by atoms with van der Waals surface area (Å²) >= 11 is 0. The second kappa shape index (κ2) is 2.91. The quantitative estimate of drug-likeness (QED) is 0.570.